The van der Waals surface area contributed by atoms with Crippen LogP contribution in [0.5, 0.6) is 17.2 Å². The van der Waals surface area contributed by atoms with Gasteiger partial charge in [-0.15, -0.1) is 0 Å². The summed E-state index contributed by atoms with van der Waals surface area (Å²) in [6.07, 6.45) is -0.675. The van der Waals surface area contributed by atoms with Gasteiger partial charge in [-0.2, -0.15) is 8.78 Å². The Morgan fingerprint density at radius 2 is 1.76 bits per heavy atom. The van der Waals surface area contributed by atoms with E-state index in [1.54, 1.807) is 26.1 Å². The van der Waals surface area contributed by atoms with E-state index in [2.05, 4.69) is 18.6 Å². The predicted molar refractivity (Wildman–Crippen MR) is 107 cm³/mol. The third kappa shape index (κ3) is 6.34. The Morgan fingerprint density at radius 3 is 2.38 bits per heavy atom. The monoisotopic (exact) mass is 407 g/mol. The second kappa shape index (κ2) is 10.1. The Hall–Kier alpha value is -2.83. The standard InChI is InChI=1S/C22H27F2NO4/c1-14(2)17-7-6-8-18(12-17)28-15(3)21(26)25(4)13-16-9-10-19(29-22(23)24)20(11-16)27-5/h6-12,14-15,22H,13H2,1-5H3. The number of halogens is 2. The number of amides is 1. The highest BCUT2D eigenvalue weighted by Gasteiger charge is 2.20. The lowest BCUT2D eigenvalue weighted by atomic mass is 10.0. The highest BCUT2D eigenvalue weighted by molar-refractivity contribution is 5.80. The maximum absolute atomic E-state index is 12.7. The summed E-state index contributed by atoms with van der Waals surface area (Å²) in [4.78, 5) is 14.2. The number of methoxy groups -OCH3 is 1. The first kappa shape index (κ1) is 22.5. The minimum absolute atomic E-state index is 0.0537. The van der Waals surface area contributed by atoms with Crippen molar-refractivity contribution in [2.24, 2.45) is 0 Å². The van der Waals surface area contributed by atoms with Crippen molar-refractivity contribution in [2.45, 2.75) is 45.9 Å². The molecular formula is C22H27F2NO4. The van der Waals surface area contributed by atoms with E-state index in [1.165, 1.54) is 18.1 Å². The first-order valence-corrected chi connectivity index (χ1v) is 9.34. The van der Waals surface area contributed by atoms with Crippen LogP contribution in [0.4, 0.5) is 8.78 Å². The molecule has 5 nitrogen and oxygen atoms in total. The normalized spacial score (nSPS) is 12.0. The van der Waals surface area contributed by atoms with Gasteiger partial charge in [-0.3, -0.25) is 4.79 Å². The Bertz CT molecular complexity index is 826. The number of rotatable bonds is 9. The van der Waals surface area contributed by atoms with Crippen molar-refractivity contribution in [2.75, 3.05) is 14.2 Å². The van der Waals surface area contributed by atoms with Crippen molar-refractivity contribution in [3.05, 3.63) is 53.6 Å². The maximum atomic E-state index is 12.7. The van der Waals surface area contributed by atoms with E-state index >= 15 is 0 Å². The van der Waals surface area contributed by atoms with Gasteiger partial charge in [-0.05, 0) is 48.2 Å². The lowest BCUT2D eigenvalue weighted by Gasteiger charge is -2.23. The molecule has 0 fully saturated rings. The molecule has 0 spiro atoms. The summed E-state index contributed by atoms with van der Waals surface area (Å²) in [5.41, 5.74) is 1.85. The minimum atomic E-state index is -2.94. The van der Waals surface area contributed by atoms with Gasteiger partial charge in [0.2, 0.25) is 0 Å². The minimum Gasteiger partial charge on any atom is -0.493 e. The van der Waals surface area contributed by atoms with Gasteiger partial charge in [0, 0.05) is 13.6 Å². The molecule has 0 aliphatic heterocycles. The molecule has 0 aliphatic carbocycles. The molecule has 0 bridgehead atoms. The number of likely N-dealkylation sites (N-methyl/N-ethyl adjacent to an activating group) is 1. The smallest absolute Gasteiger partial charge is 0.387 e. The van der Waals surface area contributed by atoms with Crippen LogP contribution in [0.3, 0.4) is 0 Å². The Kier molecular flexibility index (Phi) is 7.82. The third-order valence-electron chi connectivity index (χ3n) is 4.43. The average Bonchev–Trinajstić information content (AvgIpc) is 2.68. The number of ether oxygens (including phenoxy) is 3. The van der Waals surface area contributed by atoms with Crippen LogP contribution < -0.4 is 14.2 Å². The van der Waals surface area contributed by atoms with Crippen molar-refractivity contribution in [1.82, 2.24) is 4.90 Å². The van der Waals surface area contributed by atoms with Crippen molar-refractivity contribution in [3.8, 4) is 17.2 Å². The summed E-state index contributed by atoms with van der Waals surface area (Å²) >= 11 is 0. The van der Waals surface area contributed by atoms with Crippen LogP contribution in [0.15, 0.2) is 42.5 Å². The summed E-state index contributed by atoms with van der Waals surface area (Å²) in [6.45, 7) is 3.21. The van der Waals surface area contributed by atoms with Gasteiger partial charge in [0.15, 0.2) is 17.6 Å². The van der Waals surface area contributed by atoms with E-state index < -0.39 is 12.7 Å². The zero-order chi connectivity index (χ0) is 21.6. The van der Waals surface area contributed by atoms with E-state index in [1.807, 2.05) is 24.3 Å². The molecular weight excluding hydrogens is 380 g/mol. The largest absolute Gasteiger partial charge is 0.493 e. The summed E-state index contributed by atoms with van der Waals surface area (Å²) in [5, 5.41) is 0. The highest BCUT2D eigenvalue weighted by atomic mass is 19.3. The topological polar surface area (TPSA) is 48.0 Å². The molecule has 2 aromatic carbocycles. The van der Waals surface area contributed by atoms with Gasteiger partial charge in [0.1, 0.15) is 5.75 Å². The molecule has 0 aromatic heterocycles. The number of hydrogen-bond acceptors (Lipinski definition) is 4. The van der Waals surface area contributed by atoms with Gasteiger partial charge in [-0.1, -0.05) is 32.0 Å². The summed E-state index contributed by atoms with van der Waals surface area (Å²) in [6, 6.07) is 12.3. The van der Waals surface area contributed by atoms with Gasteiger partial charge >= 0.3 is 6.61 Å². The number of benzene rings is 2. The van der Waals surface area contributed by atoms with Crippen molar-refractivity contribution < 1.29 is 27.8 Å². The number of carbonyl (C=O) groups is 1. The number of nitrogens with zero attached hydrogens (tertiary/aromatic N) is 1. The van der Waals surface area contributed by atoms with Crippen molar-refractivity contribution in [1.29, 1.82) is 0 Å². The average molecular weight is 407 g/mol. The molecule has 0 aliphatic rings. The second-order valence-corrected chi connectivity index (χ2v) is 7.05. The number of hydrogen-bond donors (Lipinski definition) is 0. The third-order valence-corrected chi connectivity index (χ3v) is 4.43. The van der Waals surface area contributed by atoms with Gasteiger partial charge in [0.25, 0.3) is 5.91 Å². The molecule has 0 heterocycles. The van der Waals surface area contributed by atoms with Gasteiger partial charge in [-0.25, -0.2) is 0 Å². The van der Waals surface area contributed by atoms with Crippen LogP contribution in [0.25, 0.3) is 0 Å². The summed E-state index contributed by atoms with van der Waals surface area (Å²) < 4.78 is 40.2. The summed E-state index contributed by atoms with van der Waals surface area (Å²) in [7, 11) is 3.02. The van der Waals surface area contributed by atoms with E-state index in [9.17, 15) is 13.6 Å². The molecule has 0 saturated heterocycles. The number of alkyl halides is 2. The molecule has 158 valence electrons. The molecule has 0 saturated carbocycles. The molecule has 1 atom stereocenters. The Labute approximate surface area is 170 Å². The Balaban J connectivity index is 2.03. The van der Waals surface area contributed by atoms with Crippen LogP contribution in [-0.4, -0.2) is 37.7 Å². The molecule has 1 unspecified atom stereocenters. The molecule has 7 heteroatoms. The van der Waals surface area contributed by atoms with E-state index in [0.717, 1.165) is 5.56 Å². The van der Waals surface area contributed by atoms with Crippen LogP contribution in [-0.2, 0) is 11.3 Å². The van der Waals surface area contributed by atoms with Crippen LogP contribution in [0, 0.1) is 0 Å². The van der Waals surface area contributed by atoms with Crippen LogP contribution >= 0.6 is 0 Å². The lowest BCUT2D eigenvalue weighted by molar-refractivity contribution is -0.137. The first-order chi connectivity index (χ1) is 13.7. The quantitative estimate of drug-likeness (QED) is 0.596. The molecule has 2 aromatic rings. The summed E-state index contributed by atoms with van der Waals surface area (Å²) in [5.74, 6) is 0.923. The second-order valence-electron chi connectivity index (χ2n) is 7.05. The molecule has 0 N–H and O–H groups in total. The number of carbonyl (C=O) groups excluding carboxylic acids is 1. The maximum Gasteiger partial charge on any atom is 0.387 e. The Morgan fingerprint density at radius 1 is 1.03 bits per heavy atom. The van der Waals surface area contributed by atoms with E-state index in [-0.39, 0.29) is 24.0 Å². The molecule has 1 amide bonds. The van der Waals surface area contributed by atoms with Crippen molar-refractivity contribution >= 4 is 5.91 Å². The van der Waals surface area contributed by atoms with Crippen molar-refractivity contribution in [3.63, 3.8) is 0 Å². The first-order valence-electron chi connectivity index (χ1n) is 9.34. The van der Waals surface area contributed by atoms with E-state index in [4.69, 9.17) is 9.47 Å². The fraction of sp³-hybridized carbons (Fsp3) is 0.409. The molecule has 29 heavy (non-hydrogen) atoms. The molecule has 2 rings (SSSR count). The SMILES string of the molecule is COc1cc(CN(C)C(=O)C(C)Oc2cccc(C(C)C)c2)ccc1OC(F)F. The predicted octanol–water partition coefficient (Wildman–Crippen LogP) is 4.85. The highest BCUT2D eigenvalue weighted by Crippen LogP contribution is 2.30. The zero-order valence-electron chi connectivity index (χ0n) is 17.3. The van der Waals surface area contributed by atoms with Crippen LogP contribution in [0.1, 0.15) is 37.8 Å². The molecule has 0 radical (unpaired) electrons. The fourth-order valence-corrected chi connectivity index (χ4v) is 2.87. The zero-order valence-corrected chi connectivity index (χ0v) is 17.3. The van der Waals surface area contributed by atoms with Crippen LogP contribution in [0.2, 0.25) is 0 Å². The fourth-order valence-electron chi connectivity index (χ4n) is 2.87. The lowest BCUT2D eigenvalue weighted by Crippen LogP contribution is -2.37. The van der Waals surface area contributed by atoms with E-state index in [0.29, 0.717) is 17.2 Å². The van der Waals surface area contributed by atoms with Gasteiger partial charge < -0.3 is 19.1 Å². The van der Waals surface area contributed by atoms with Gasteiger partial charge in [0.05, 0.1) is 7.11 Å².